The molecule has 10 heteroatoms. The number of pyridine rings is 2. The molecule has 3 heterocycles. The normalized spacial score (nSPS) is 12.4. The molecule has 0 aliphatic rings. The Labute approximate surface area is 190 Å². The van der Waals surface area contributed by atoms with Gasteiger partial charge in [-0.15, -0.1) is 0 Å². The summed E-state index contributed by atoms with van der Waals surface area (Å²) in [6.45, 7) is 4.96. The monoisotopic (exact) mass is 472 g/mol. The summed E-state index contributed by atoms with van der Waals surface area (Å²) in [5.41, 5.74) is -0.0502. The van der Waals surface area contributed by atoms with E-state index in [1.807, 2.05) is 0 Å². The van der Waals surface area contributed by atoms with E-state index >= 15 is 0 Å². The molecule has 0 aliphatic carbocycles. The Kier molecular flexibility index (Phi) is 5.76. The lowest BCUT2D eigenvalue weighted by Crippen LogP contribution is -2.20. The zero-order chi connectivity index (χ0) is 24.8. The second kappa shape index (κ2) is 8.44. The Morgan fingerprint density at radius 1 is 1.06 bits per heavy atom. The largest absolute Gasteiger partial charge is 0.433 e. The van der Waals surface area contributed by atoms with Gasteiger partial charge >= 0.3 is 6.18 Å². The second-order valence-corrected chi connectivity index (χ2v) is 7.74. The van der Waals surface area contributed by atoms with Gasteiger partial charge in [0.2, 0.25) is 5.43 Å². The quantitative estimate of drug-likeness (QED) is 0.362. The van der Waals surface area contributed by atoms with Crippen LogP contribution < -0.4 is 5.43 Å². The van der Waals surface area contributed by atoms with Gasteiger partial charge in [0, 0.05) is 18.0 Å². The van der Waals surface area contributed by atoms with Crippen LogP contribution in [0.15, 0.2) is 47.4 Å². The highest BCUT2D eigenvalue weighted by atomic mass is 19.4. The molecule has 1 aromatic carbocycles. The average Bonchev–Trinajstić information content (AvgIpc) is 2.75. The number of benzene rings is 1. The van der Waals surface area contributed by atoms with Crippen molar-refractivity contribution in [2.24, 2.45) is 0 Å². The number of hydrogen-bond donors (Lipinski definition) is 0. The Balaban J connectivity index is 1.98. The van der Waals surface area contributed by atoms with Crippen molar-refractivity contribution in [3.05, 3.63) is 92.7 Å². The number of hydrogen-bond acceptors (Lipinski definition) is 4. The first-order chi connectivity index (χ1) is 16.0. The molecule has 0 N–H and O–H groups in total. The Hall–Kier alpha value is -3.95. The number of rotatable bonds is 3. The van der Waals surface area contributed by atoms with Crippen molar-refractivity contribution >= 4 is 22.7 Å². The molecule has 0 bridgehead atoms. The van der Waals surface area contributed by atoms with Crippen molar-refractivity contribution in [1.82, 2.24) is 19.7 Å². The average molecular weight is 472 g/mol. The Morgan fingerprint density at radius 3 is 2.47 bits per heavy atom. The van der Waals surface area contributed by atoms with Gasteiger partial charge in [0.1, 0.15) is 28.4 Å². The van der Waals surface area contributed by atoms with Gasteiger partial charge < -0.3 is 0 Å². The molecule has 34 heavy (non-hydrogen) atoms. The third-order valence-electron chi connectivity index (χ3n) is 5.27. The van der Waals surface area contributed by atoms with Gasteiger partial charge in [-0.2, -0.15) is 18.3 Å². The molecule has 0 aliphatic heterocycles. The van der Waals surface area contributed by atoms with Crippen LogP contribution in [0, 0.1) is 25.5 Å². The van der Waals surface area contributed by atoms with Gasteiger partial charge in [-0.25, -0.2) is 18.4 Å². The van der Waals surface area contributed by atoms with Crippen LogP contribution in [-0.4, -0.2) is 19.7 Å². The van der Waals surface area contributed by atoms with E-state index in [9.17, 15) is 26.7 Å². The minimum absolute atomic E-state index is 0.00437. The SMILES string of the molecule is C/C(=C\c1ccnc(C(F)(F)F)c1)c1nn(-c2ccc(F)cc2F)c2cc(C)c(C)nc2c1=O. The Bertz CT molecular complexity index is 1520. The third kappa shape index (κ3) is 4.30. The molecule has 0 saturated heterocycles. The molecule has 5 nitrogen and oxygen atoms in total. The fourth-order valence-electron chi connectivity index (χ4n) is 3.44. The molecule has 0 spiro atoms. The first kappa shape index (κ1) is 23.2. The number of fused-ring (bicyclic) bond motifs is 1. The van der Waals surface area contributed by atoms with Gasteiger partial charge in [0.15, 0.2) is 5.82 Å². The van der Waals surface area contributed by atoms with Crippen LogP contribution in [0.2, 0.25) is 0 Å². The van der Waals surface area contributed by atoms with E-state index in [2.05, 4.69) is 15.1 Å². The van der Waals surface area contributed by atoms with Gasteiger partial charge in [-0.3, -0.25) is 9.78 Å². The minimum atomic E-state index is -4.63. The van der Waals surface area contributed by atoms with Crippen LogP contribution in [0.25, 0.3) is 28.4 Å². The number of halogens is 5. The molecule has 4 rings (SSSR count). The lowest BCUT2D eigenvalue weighted by molar-refractivity contribution is -0.141. The zero-order valence-electron chi connectivity index (χ0n) is 18.2. The van der Waals surface area contributed by atoms with E-state index in [-0.39, 0.29) is 33.6 Å². The molecule has 0 radical (unpaired) electrons. The highest BCUT2D eigenvalue weighted by Crippen LogP contribution is 2.29. The summed E-state index contributed by atoms with van der Waals surface area (Å²) in [5, 5.41) is 4.29. The van der Waals surface area contributed by atoms with E-state index in [4.69, 9.17) is 0 Å². The van der Waals surface area contributed by atoms with Gasteiger partial charge in [0.05, 0.1) is 5.52 Å². The number of allylic oxidation sites excluding steroid dienone is 1. The van der Waals surface area contributed by atoms with Crippen LogP contribution in [0.4, 0.5) is 22.0 Å². The molecular weight excluding hydrogens is 455 g/mol. The fourth-order valence-corrected chi connectivity index (χ4v) is 3.44. The lowest BCUT2D eigenvalue weighted by Gasteiger charge is -2.14. The van der Waals surface area contributed by atoms with Crippen molar-refractivity contribution in [1.29, 1.82) is 0 Å². The molecule has 3 aromatic heterocycles. The summed E-state index contributed by atoms with van der Waals surface area (Å²) in [4.78, 5) is 20.9. The standard InChI is InChI=1S/C24H17F5N4O/c1-12-9-19-22(31-14(12)3)23(34)21(32-33(19)18-5-4-16(25)11-17(18)26)13(2)8-15-6-7-30-20(10-15)24(27,28)29/h4-11H,1-3H3/b13-8+. The van der Waals surface area contributed by atoms with E-state index in [0.29, 0.717) is 11.8 Å². The van der Waals surface area contributed by atoms with Gasteiger partial charge in [-0.05, 0) is 73.9 Å². The molecule has 0 unspecified atom stereocenters. The number of alkyl halides is 3. The van der Waals surface area contributed by atoms with E-state index in [1.54, 1.807) is 19.9 Å². The van der Waals surface area contributed by atoms with Crippen molar-refractivity contribution < 1.29 is 22.0 Å². The van der Waals surface area contributed by atoms with Gasteiger partial charge in [-0.1, -0.05) is 0 Å². The fraction of sp³-hybridized carbons (Fsp3) is 0.167. The predicted octanol–water partition coefficient (Wildman–Crippen LogP) is 5.65. The maximum atomic E-state index is 14.7. The molecular formula is C24H17F5N4O. The maximum Gasteiger partial charge on any atom is 0.433 e. The van der Waals surface area contributed by atoms with Crippen molar-refractivity contribution in [2.45, 2.75) is 26.9 Å². The highest BCUT2D eigenvalue weighted by Gasteiger charge is 2.32. The molecule has 0 fully saturated rings. The number of nitrogens with zero attached hydrogens (tertiary/aromatic N) is 4. The molecule has 4 aromatic rings. The minimum Gasteiger partial charge on any atom is -0.285 e. The first-order valence-corrected chi connectivity index (χ1v) is 10.0. The summed E-state index contributed by atoms with van der Waals surface area (Å²) in [5.74, 6) is -1.70. The molecule has 0 atom stereocenters. The van der Waals surface area contributed by atoms with Crippen LogP contribution in [-0.2, 0) is 6.18 Å². The first-order valence-electron chi connectivity index (χ1n) is 10.0. The van der Waals surface area contributed by atoms with E-state index in [0.717, 1.165) is 28.6 Å². The van der Waals surface area contributed by atoms with Gasteiger partial charge in [0.25, 0.3) is 0 Å². The summed E-state index contributed by atoms with van der Waals surface area (Å²) in [6, 6.07) is 6.73. The topological polar surface area (TPSA) is 60.7 Å². The summed E-state index contributed by atoms with van der Waals surface area (Å²) < 4.78 is 68.4. The molecule has 0 amide bonds. The van der Waals surface area contributed by atoms with Crippen LogP contribution in [0.3, 0.4) is 0 Å². The smallest absolute Gasteiger partial charge is 0.285 e. The summed E-state index contributed by atoms with van der Waals surface area (Å²) >= 11 is 0. The summed E-state index contributed by atoms with van der Waals surface area (Å²) in [6.07, 6.45) is -2.28. The molecule has 174 valence electrons. The van der Waals surface area contributed by atoms with Crippen LogP contribution >= 0.6 is 0 Å². The third-order valence-corrected chi connectivity index (χ3v) is 5.27. The maximum absolute atomic E-state index is 14.7. The Morgan fingerprint density at radius 2 is 1.79 bits per heavy atom. The van der Waals surface area contributed by atoms with Crippen molar-refractivity contribution in [2.75, 3.05) is 0 Å². The van der Waals surface area contributed by atoms with E-state index in [1.165, 1.54) is 25.1 Å². The van der Waals surface area contributed by atoms with Crippen LogP contribution in [0.1, 0.15) is 35.1 Å². The predicted molar refractivity (Wildman–Crippen MR) is 117 cm³/mol. The van der Waals surface area contributed by atoms with Crippen molar-refractivity contribution in [3.8, 4) is 5.69 Å². The lowest BCUT2D eigenvalue weighted by atomic mass is 10.1. The van der Waals surface area contributed by atoms with E-state index < -0.39 is 28.9 Å². The highest BCUT2D eigenvalue weighted by molar-refractivity contribution is 5.84. The van der Waals surface area contributed by atoms with Crippen LogP contribution in [0.5, 0.6) is 0 Å². The molecule has 0 saturated carbocycles. The number of aromatic nitrogens is 4. The second-order valence-electron chi connectivity index (χ2n) is 7.74. The number of aryl methyl sites for hydroxylation is 2. The van der Waals surface area contributed by atoms with Crippen molar-refractivity contribution in [3.63, 3.8) is 0 Å². The zero-order valence-corrected chi connectivity index (χ0v) is 18.2. The summed E-state index contributed by atoms with van der Waals surface area (Å²) in [7, 11) is 0.